The summed E-state index contributed by atoms with van der Waals surface area (Å²) in [7, 11) is 0. The third-order valence-electron chi connectivity index (χ3n) is 9.98. The zero-order valence-corrected chi connectivity index (χ0v) is 33.6. The highest BCUT2D eigenvalue weighted by Gasteiger charge is 2.40. The Kier molecular flexibility index (Phi) is 16.0. The highest BCUT2D eigenvalue weighted by molar-refractivity contribution is 6.12. The Morgan fingerprint density at radius 2 is 1.64 bits per heavy atom. The molecule has 1 aliphatic carbocycles. The van der Waals surface area contributed by atoms with E-state index in [1.54, 1.807) is 10.8 Å². The van der Waals surface area contributed by atoms with Crippen molar-refractivity contribution in [1.82, 2.24) is 30.0 Å². The Bertz CT molecular complexity index is 2090. The first-order valence-electron chi connectivity index (χ1n) is 19.2. The second-order valence-electron chi connectivity index (χ2n) is 15.6. The van der Waals surface area contributed by atoms with Crippen molar-refractivity contribution < 1.29 is 60.9 Å². The van der Waals surface area contributed by atoms with Crippen LogP contribution in [0.2, 0.25) is 0 Å². The number of aromatic nitrogens is 2. The molecule has 1 fully saturated rings. The Morgan fingerprint density at radius 3 is 2.23 bits per heavy atom. The molecular formula is C41H48F5N7O8. The maximum Gasteiger partial charge on any atom is 0.490 e. The summed E-state index contributed by atoms with van der Waals surface area (Å²) in [5.74, 6) is -6.23. The number of carboxylic acids is 1. The molecule has 0 bridgehead atoms. The Balaban J connectivity index is 0.00000107. The molecule has 0 spiro atoms. The van der Waals surface area contributed by atoms with Gasteiger partial charge in [0.15, 0.2) is 0 Å². The van der Waals surface area contributed by atoms with Gasteiger partial charge in [0.1, 0.15) is 24.1 Å². The van der Waals surface area contributed by atoms with Gasteiger partial charge >= 0.3 is 12.1 Å². The highest BCUT2D eigenvalue weighted by Crippen LogP contribution is 2.39. The first-order chi connectivity index (χ1) is 28.6. The molecule has 2 heterocycles. The van der Waals surface area contributed by atoms with Crippen LogP contribution in [0.1, 0.15) is 63.9 Å². The minimum absolute atomic E-state index is 0.0222. The van der Waals surface area contributed by atoms with E-state index in [0.717, 1.165) is 28.7 Å². The fourth-order valence-electron chi connectivity index (χ4n) is 7.02. The standard InChI is InChI=1S/C39H47F2N7O6.C2HF3O2/c1-39(2,3)35(36-45-31(28-20-26(40)10-12-29(28)41)22-46(36)21-24-7-5-4-6-8-24)48(34(52)23-49)17-15-30(42)38(54)44-27-11-9-25(19-27)37(53)43-16-18-47-32(50)13-14-33(47)51;3-2(4,5)1(6)7/h4-8,10,12-14,20,22,25,27,30,35,49H,9,11,15-19,21,23,42H2,1-3H3,(H,43,53)(H,44,54);(H,6,7)/t25-,27-,30-,35-;/m0./s1. The second kappa shape index (κ2) is 20.5. The van der Waals surface area contributed by atoms with Crippen LogP contribution in [0.4, 0.5) is 22.0 Å². The number of aliphatic carboxylic acids is 1. The lowest BCUT2D eigenvalue weighted by Gasteiger charge is -2.40. The average Bonchev–Trinajstić information content (AvgIpc) is 3.92. The average molecular weight is 862 g/mol. The SMILES string of the molecule is CC(C)(C)[C@H](c1nc(-c2cc(F)ccc2F)cn1Cc1ccccc1)N(CC[C@H](N)C(=O)N[C@H]1CC[C@H](C(=O)NCCN2C(=O)C=CC2=O)C1)C(=O)CO.O=C(O)C(F)(F)F. The van der Waals surface area contributed by atoms with E-state index in [1.807, 2.05) is 51.1 Å². The number of imide groups is 1. The number of alkyl halides is 3. The molecule has 2 aromatic carbocycles. The van der Waals surface area contributed by atoms with E-state index in [0.29, 0.717) is 31.6 Å². The van der Waals surface area contributed by atoms with E-state index in [2.05, 4.69) is 10.6 Å². The number of aliphatic hydroxyl groups is 1. The number of hydrogen-bond donors (Lipinski definition) is 5. The molecule has 1 aromatic heterocycles. The van der Waals surface area contributed by atoms with E-state index < -0.39 is 71.5 Å². The van der Waals surface area contributed by atoms with Gasteiger partial charge in [-0.15, -0.1) is 0 Å². The zero-order chi connectivity index (χ0) is 45.2. The number of hydrogen-bond acceptors (Lipinski definition) is 9. The first kappa shape index (κ1) is 47.7. The summed E-state index contributed by atoms with van der Waals surface area (Å²) in [4.78, 5) is 79.1. The fraction of sp³-hybridized carbons (Fsp3) is 0.439. The number of aliphatic hydroxyl groups excluding tert-OH is 1. The Labute approximate surface area is 347 Å². The molecule has 0 saturated heterocycles. The number of amides is 5. The number of imidazole rings is 1. The number of nitrogens with two attached hydrogens (primary N) is 1. The first-order valence-corrected chi connectivity index (χ1v) is 19.2. The van der Waals surface area contributed by atoms with Gasteiger partial charge in [0.05, 0.1) is 17.8 Å². The quantitative estimate of drug-likeness (QED) is 0.111. The molecule has 5 rings (SSSR count). The summed E-state index contributed by atoms with van der Waals surface area (Å²) < 4.78 is 62.8. The molecule has 1 saturated carbocycles. The molecule has 6 N–H and O–H groups in total. The van der Waals surface area contributed by atoms with E-state index in [9.17, 15) is 46.6 Å². The maximum atomic E-state index is 15.0. The van der Waals surface area contributed by atoms with E-state index in [4.69, 9.17) is 20.6 Å². The van der Waals surface area contributed by atoms with Gasteiger partial charge in [0, 0.05) is 62.1 Å². The maximum absolute atomic E-state index is 15.0. The fourth-order valence-corrected chi connectivity index (χ4v) is 7.02. The molecule has 4 atom stereocenters. The van der Waals surface area contributed by atoms with Gasteiger partial charge in [-0.05, 0) is 54.9 Å². The molecular weight excluding hydrogens is 813 g/mol. The number of benzene rings is 2. The molecule has 5 amide bonds. The van der Waals surface area contributed by atoms with E-state index in [-0.39, 0.29) is 55.2 Å². The Hall–Kier alpha value is -6.02. The summed E-state index contributed by atoms with van der Waals surface area (Å²) >= 11 is 0. The van der Waals surface area contributed by atoms with Crippen LogP contribution in [0.15, 0.2) is 66.9 Å². The van der Waals surface area contributed by atoms with Crippen molar-refractivity contribution in [3.63, 3.8) is 0 Å². The number of carbonyl (C=O) groups is 6. The molecule has 0 radical (unpaired) electrons. The van der Waals surface area contributed by atoms with E-state index >= 15 is 4.39 Å². The molecule has 3 aromatic rings. The van der Waals surface area contributed by atoms with Gasteiger partial charge in [-0.2, -0.15) is 13.2 Å². The number of rotatable bonds is 15. The van der Waals surface area contributed by atoms with Crippen LogP contribution in [0.3, 0.4) is 0 Å². The second-order valence-corrected chi connectivity index (χ2v) is 15.6. The zero-order valence-electron chi connectivity index (χ0n) is 33.6. The topological polar surface area (TPSA) is 217 Å². The van der Waals surface area contributed by atoms with Crippen LogP contribution in [-0.4, -0.2) is 110 Å². The van der Waals surface area contributed by atoms with Gasteiger partial charge < -0.3 is 36.0 Å². The highest BCUT2D eigenvalue weighted by atomic mass is 19.4. The predicted octanol–water partition coefficient (Wildman–Crippen LogP) is 3.46. The summed E-state index contributed by atoms with van der Waals surface area (Å²) in [6, 6.07) is 10.4. The van der Waals surface area contributed by atoms with Crippen molar-refractivity contribution in [2.45, 2.75) is 77.3 Å². The molecule has 15 nitrogen and oxygen atoms in total. The smallest absolute Gasteiger partial charge is 0.475 e. The number of nitrogens with zero attached hydrogens (tertiary/aromatic N) is 4. The van der Waals surface area contributed by atoms with Crippen LogP contribution in [0.25, 0.3) is 11.3 Å². The molecule has 20 heteroatoms. The largest absolute Gasteiger partial charge is 0.490 e. The molecule has 1 aliphatic heterocycles. The Morgan fingerprint density at radius 1 is 1.00 bits per heavy atom. The van der Waals surface area contributed by atoms with Crippen LogP contribution < -0.4 is 16.4 Å². The lowest BCUT2D eigenvalue weighted by Crippen LogP contribution is -2.49. The summed E-state index contributed by atoms with van der Waals surface area (Å²) in [6.07, 6.45) is 0.369. The molecule has 2 aliphatic rings. The normalized spacial score (nSPS) is 17.4. The van der Waals surface area contributed by atoms with Gasteiger partial charge in [0.25, 0.3) is 11.8 Å². The van der Waals surface area contributed by atoms with Crippen molar-refractivity contribution in [2.75, 3.05) is 26.2 Å². The third kappa shape index (κ3) is 13.0. The predicted molar refractivity (Wildman–Crippen MR) is 209 cm³/mol. The van der Waals surface area contributed by atoms with Gasteiger partial charge in [-0.25, -0.2) is 18.6 Å². The summed E-state index contributed by atoms with van der Waals surface area (Å²) in [5, 5.41) is 22.9. The molecule has 61 heavy (non-hydrogen) atoms. The van der Waals surface area contributed by atoms with Crippen LogP contribution in [0.5, 0.6) is 0 Å². The molecule has 0 unspecified atom stereocenters. The minimum atomic E-state index is -5.08. The number of carbonyl (C=O) groups excluding carboxylic acids is 5. The van der Waals surface area contributed by atoms with Gasteiger partial charge in [-0.3, -0.25) is 28.9 Å². The van der Waals surface area contributed by atoms with Crippen molar-refractivity contribution in [1.29, 1.82) is 0 Å². The minimum Gasteiger partial charge on any atom is -0.475 e. The monoisotopic (exact) mass is 861 g/mol. The lowest BCUT2D eigenvalue weighted by atomic mass is 9.84. The number of halogens is 5. The lowest BCUT2D eigenvalue weighted by molar-refractivity contribution is -0.192. The van der Waals surface area contributed by atoms with Crippen LogP contribution >= 0.6 is 0 Å². The van der Waals surface area contributed by atoms with Crippen molar-refractivity contribution in [3.05, 3.63) is 89.9 Å². The van der Waals surface area contributed by atoms with Gasteiger partial charge in [0.2, 0.25) is 17.7 Å². The van der Waals surface area contributed by atoms with Crippen molar-refractivity contribution in [2.24, 2.45) is 17.1 Å². The number of nitrogens with one attached hydrogen (secondary N) is 2. The van der Waals surface area contributed by atoms with Crippen molar-refractivity contribution in [3.8, 4) is 11.3 Å². The molecule has 330 valence electrons. The summed E-state index contributed by atoms with van der Waals surface area (Å²) in [6.45, 7) is 5.28. The van der Waals surface area contributed by atoms with Crippen LogP contribution in [0, 0.1) is 23.0 Å². The van der Waals surface area contributed by atoms with E-state index in [1.165, 1.54) is 17.1 Å². The summed E-state index contributed by atoms with van der Waals surface area (Å²) in [5.41, 5.74) is 6.67. The van der Waals surface area contributed by atoms with Crippen molar-refractivity contribution >= 4 is 35.5 Å². The van der Waals surface area contributed by atoms with Gasteiger partial charge in [-0.1, -0.05) is 51.1 Å². The third-order valence-corrected chi connectivity index (χ3v) is 9.98. The number of carboxylic acid groups (broad SMARTS) is 1. The van der Waals surface area contributed by atoms with Crippen LogP contribution in [-0.2, 0) is 35.3 Å².